The van der Waals surface area contributed by atoms with Gasteiger partial charge in [0, 0.05) is 55.5 Å². The lowest BCUT2D eigenvalue weighted by molar-refractivity contribution is -0.122. The maximum Gasteiger partial charge on any atom is 0.272 e. The molecule has 5 rings (SSSR count). The summed E-state index contributed by atoms with van der Waals surface area (Å²) in [6.07, 6.45) is 4.59. The SMILES string of the molecule is Cc1oc(-c2ccccc2Cl)cc1C(=O)N1CCCNC(=O)c2nn(CCC(C)C)c3c2CC(CC3)NC(=O)CCC1. The van der Waals surface area contributed by atoms with Gasteiger partial charge in [0.2, 0.25) is 5.91 Å². The zero-order valence-electron chi connectivity index (χ0n) is 24.7. The Labute approximate surface area is 252 Å². The molecule has 2 N–H and O–H groups in total. The minimum absolute atomic E-state index is 0.0376. The molecule has 3 heterocycles. The van der Waals surface area contributed by atoms with Crippen LogP contribution in [0.3, 0.4) is 0 Å². The van der Waals surface area contributed by atoms with Gasteiger partial charge in [0.15, 0.2) is 5.69 Å². The number of benzene rings is 1. The molecular formula is C32H40ClN5O4. The number of amides is 3. The largest absolute Gasteiger partial charge is 0.460 e. The number of carbonyl (C=O) groups excluding carboxylic acids is 3. The van der Waals surface area contributed by atoms with Crippen molar-refractivity contribution in [1.82, 2.24) is 25.3 Å². The van der Waals surface area contributed by atoms with Crippen LogP contribution >= 0.6 is 11.6 Å². The number of halogens is 1. The first kappa shape index (κ1) is 29.9. The molecule has 2 bridgehead atoms. The zero-order chi connectivity index (χ0) is 29.8. The van der Waals surface area contributed by atoms with Crippen molar-refractivity contribution >= 4 is 29.3 Å². The molecule has 1 atom stereocenters. The third-order valence-electron chi connectivity index (χ3n) is 8.14. The fourth-order valence-electron chi connectivity index (χ4n) is 5.82. The van der Waals surface area contributed by atoms with Gasteiger partial charge in [-0.25, -0.2) is 0 Å². The smallest absolute Gasteiger partial charge is 0.272 e. The highest BCUT2D eigenvalue weighted by atomic mass is 35.5. The van der Waals surface area contributed by atoms with E-state index in [1.165, 1.54) is 0 Å². The lowest BCUT2D eigenvalue weighted by Crippen LogP contribution is -2.40. The maximum atomic E-state index is 13.7. The number of hydrogen-bond acceptors (Lipinski definition) is 5. The molecule has 0 spiro atoms. The summed E-state index contributed by atoms with van der Waals surface area (Å²) in [5, 5.41) is 11.5. The van der Waals surface area contributed by atoms with Gasteiger partial charge < -0.3 is 20.0 Å². The van der Waals surface area contributed by atoms with Gasteiger partial charge in [0.25, 0.3) is 11.8 Å². The molecule has 1 aromatic carbocycles. The van der Waals surface area contributed by atoms with Gasteiger partial charge in [0.05, 0.1) is 10.6 Å². The van der Waals surface area contributed by atoms with E-state index < -0.39 is 0 Å². The third-order valence-corrected chi connectivity index (χ3v) is 8.47. The fraction of sp³-hybridized carbons (Fsp3) is 0.500. The highest BCUT2D eigenvalue weighted by Gasteiger charge is 2.30. The van der Waals surface area contributed by atoms with Crippen LogP contribution in [0.5, 0.6) is 0 Å². The summed E-state index contributed by atoms with van der Waals surface area (Å²) >= 11 is 6.36. The van der Waals surface area contributed by atoms with E-state index in [2.05, 4.69) is 24.5 Å². The number of rotatable bonds is 5. The van der Waals surface area contributed by atoms with E-state index in [-0.39, 0.29) is 23.8 Å². The topological polar surface area (TPSA) is 109 Å². The monoisotopic (exact) mass is 593 g/mol. The average molecular weight is 594 g/mol. The number of fused-ring (bicyclic) bond motifs is 1. The minimum atomic E-state index is -0.204. The van der Waals surface area contributed by atoms with Gasteiger partial charge in [0.1, 0.15) is 11.5 Å². The standard InChI is InChI=1S/C32H40ClN5O4/c1-20(2)13-17-38-27-12-11-22-18-25(27)30(36-38)31(40)34-14-7-16-37(15-6-10-29(39)35-22)32(41)24-19-28(42-21(24)3)23-8-4-5-9-26(23)33/h4-5,8-9,19-20,22H,6-7,10-18H2,1-3H3,(H,34,40)(H,35,39). The van der Waals surface area contributed by atoms with E-state index in [0.717, 1.165) is 42.6 Å². The second-order valence-electron chi connectivity index (χ2n) is 11.8. The Morgan fingerprint density at radius 3 is 2.74 bits per heavy atom. The predicted octanol–water partition coefficient (Wildman–Crippen LogP) is 5.18. The molecule has 9 nitrogen and oxygen atoms in total. The Morgan fingerprint density at radius 1 is 1.17 bits per heavy atom. The first-order valence-corrected chi connectivity index (χ1v) is 15.4. The van der Waals surface area contributed by atoms with Gasteiger partial charge in [-0.05, 0) is 69.6 Å². The Morgan fingerprint density at radius 2 is 1.95 bits per heavy atom. The molecule has 2 aliphatic rings. The van der Waals surface area contributed by atoms with Crippen LogP contribution in [0.15, 0.2) is 34.7 Å². The van der Waals surface area contributed by atoms with Crippen molar-refractivity contribution in [3.8, 4) is 11.3 Å². The first-order valence-electron chi connectivity index (χ1n) is 15.0. The summed E-state index contributed by atoms with van der Waals surface area (Å²) in [6, 6.07) is 9.04. The molecule has 1 unspecified atom stereocenters. The van der Waals surface area contributed by atoms with E-state index in [0.29, 0.717) is 79.0 Å². The van der Waals surface area contributed by atoms with Crippen LogP contribution in [0.2, 0.25) is 5.02 Å². The second kappa shape index (κ2) is 13.2. The lowest BCUT2D eigenvalue weighted by Gasteiger charge is -2.25. The molecule has 224 valence electrons. The quantitative estimate of drug-likeness (QED) is 0.424. The lowest BCUT2D eigenvalue weighted by atomic mass is 9.91. The molecular weight excluding hydrogens is 554 g/mol. The fourth-order valence-corrected chi connectivity index (χ4v) is 6.05. The maximum absolute atomic E-state index is 13.7. The summed E-state index contributed by atoms with van der Waals surface area (Å²) in [5.41, 5.74) is 3.70. The molecule has 0 saturated heterocycles. The predicted molar refractivity (Wildman–Crippen MR) is 162 cm³/mol. The van der Waals surface area contributed by atoms with E-state index in [1.807, 2.05) is 22.9 Å². The van der Waals surface area contributed by atoms with Gasteiger partial charge in [-0.1, -0.05) is 37.6 Å². The van der Waals surface area contributed by atoms with Crippen molar-refractivity contribution in [2.24, 2.45) is 5.92 Å². The van der Waals surface area contributed by atoms with Gasteiger partial charge in [-0.15, -0.1) is 0 Å². The molecule has 42 heavy (non-hydrogen) atoms. The van der Waals surface area contributed by atoms with E-state index in [1.54, 1.807) is 24.0 Å². The van der Waals surface area contributed by atoms with Crippen molar-refractivity contribution in [3.63, 3.8) is 0 Å². The summed E-state index contributed by atoms with van der Waals surface area (Å²) < 4.78 is 7.93. The third kappa shape index (κ3) is 6.72. The second-order valence-corrected chi connectivity index (χ2v) is 12.2. The van der Waals surface area contributed by atoms with Crippen LogP contribution in [-0.2, 0) is 24.2 Å². The number of furan rings is 1. The number of nitrogens with one attached hydrogen (secondary N) is 2. The first-order chi connectivity index (χ1) is 20.2. The van der Waals surface area contributed by atoms with Gasteiger partial charge in [-0.2, -0.15) is 5.10 Å². The normalized spacial score (nSPS) is 18.3. The van der Waals surface area contributed by atoms with Gasteiger partial charge >= 0.3 is 0 Å². The van der Waals surface area contributed by atoms with Crippen LogP contribution in [0, 0.1) is 12.8 Å². The van der Waals surface area contributed by atoms with Crippen LogP contribution < -0.4 is 10.6 Å². The highest BCUT2D eigenvalue weighted by molar-refractivity contribution is 6.33. The van der Waals surface area contributed by atoms with E-state index >= 15 is 0 Å². The molecule has 0 saturated carbocycles. The molecule has 1 aliphatic carbocycles. The Hall–Kier alpha value is -3.59. The number of aromatic nitrogens is 2. The highest BCUT2D eigenvalue weighted by Crippen LogP contribution is 2.32. The van der Waals surface area contributed by atoms with E-state index in [9.17, 15) is 14.4 Å². The van der Waals surface area contributed by atoms with Crippen LogP contribution in [0.25, 0.3) is 11.3 Å². The Bertz CT molecular complexity index is 1460. The molecule has 1 aliphatic heterocycles. The van der Waals surface area contributed by atoms with Crippen molar-refractivity contribution in [3.05, 3.63) is 63.6 Å². The zero-order valence-corrected chi connectivity index (χ0v) is 25.4. The molecule has 10 heteroatoms. The summed E-state index contributed by atoms with van der Waals surface area (Å²) in [6.45, 7) is 8.15. The molecule has 0 fully saturated rings. The number of hydrogen-bond donors (Lipinski definition) is 2. The average Bonchev–Trinajstić information content (AvgIpc) is 3.52. The molecule has 3 aromatic rings. The number of aryl methyl sites for hydroxylation is 2. The summed E-state index contributed by atoms with van der Waals surface area (Å²) in [4.78, 5) is 41.7. The van der Waals surface area contributed by atoms with Gasteiger partial charge in [-0.3, -0.25) is 19.1 Å². The van der Waals surface area contributed by atoms with Crippen LogP contribution in [0.4, 0.5) is 0 Å². The van der Waals surface area contributed by atoms with Crippen molar-refractivity contribution in [2.45, 2.75) is 78.3 Å². The Balaban J connectivity index is 1.33. The van der Waals surface area contributed by atoms with Crippen LogP contribution in [-0.4, -0.2) is 58.1 Å². The number of carbonyl (C=O) groups is 3. The molecule has 3 amide bonds. The van der Waals surface area contributed by atoms with Crippen molar-refractivity contribution < 1.29 is 18.8 Å². The molecule has 2 aromatic heterocycles. The summed E-state index contributed by atoms with van der Waals surface area (Å²) in [7, 11) is 0. The minimum Gasteiger partial charge on any atom is -0.460 e. The molecule has 0 radical (unpaired) electrons. The Kier molecular flexibility index (Phi) is 9.36. The number of nitrogens with zero attached hydrogens (tertiary/aromatic N) is 3. The van der Waals surface area contributed by atoms with Crippen molar-refractivity contribution in [1.29, 1.82) is 0 Å². The van der Waals surface area contributed by atoms with Crippen LogP contribution in [0.1, 0.15) is 83.8 Å². The van der Waals surface area contributed by atoms with Crippen molar-refractivity contribution in [2.75, 3.05) is 19.6 Å². The summed E-state index contributed by atoms with van der Waals surface area (Å²) in [5.74, 6) is 1.16. The van der Waals surface area contributed by atoms with E-state index in [4.69, 9.17) is 21.1 Å².